The lowest BCUT2D eigenvalue weighted by Gasteiger charge is -2.26. The van der Waals surface area contributed by atoms with E-state index in [9.17, 15) is 13.2 Å². The number of carbonyl (C=O) groups is 1. The van der Waals surface area contributed by atoms with Gasteiger partial charge in [-0.15, -0.1) is 0 Å². The summed E-state index contributed by atoms with van der Waals surface area (Å²) >= 11 is 0. The Balaban J connectivity index is 1.82. The maximum absolute atomic E-state index is 13.0. The number of benzene rings is 1. The van der Waals surface area contributed by atoms with Gasteiger partial charge in [0.25, 0.3) is 5.91 Å². The normalized spacial score (nSPS) is 19.1. The van der Waals surface area contributed by atoms with Crippen LogP contribution >= 0.6 is 0 Å². The van der Waals surface area contributed by atoms with Crippen molar-refractivity contribution in [1.29, 1.82) is 0 Å². The molecule has 156 valence electrons. The molecule has 2 N–H and O–H groups in total. The van der Waals surface area contributed by atoms with E-state index in [4.69, 9.17) is 9.47 Å². The van der Waals surface area contributed by atoms with Gasteiger partial charge in [-0.1, -0.05) is 0 Å². The molecule has 1 aromatic rings. The average Bonchev–Trinajstić information content (AvgIpc) is 3.16. The van der Waals surface area contributed by atoms with Crippen LogP contribution in [0, 0.1) is 0 Å². The van der Waals surface area contributed by atoms with E-state index in [1.54, 1.807) is 6.07 Å². The van der Waals surface area contributed by atoms with Gasteiger partial charge in [0.2, 0.25) is 10.0 Å². The molecule has 1 aromatic carbocycles. The van der Waals surface area contributed by atoms with Crippen LogP contribution in [0.2, 0.25) is 0 Å². The molecule has 8 nitrogen and oxygen atoms in total. The zero-order valence-electron chi connectivity index (χ0n) is 16.6. The molecule has 2 heterocycles. The van der Waals surface area contributed by atoms with E-state index in [0.717, 1.165) is 25.9 Å². The van der Waals surface area contributed by atoms with Crippen molar-refractivity contribution >= 4 is 21.6 Å². The van der Waals surface area contributed by atoms with E-state index in [2.05, 4.69) is 5.32 Å². The van der Waals surface area contributed by atoms with Gasteiger partial charge in [-0.25, -0.2) is 8.42 Å². The number of anilines is 1. The van der Waals surface area contributed by atoms with E-state index in [1.165, 1.54) is 21.3 Å². The summed E-state index contributed by atoms with van der Waals surface area (Å²) in [4.78, 5) is 13.9. The molecule has 0 bridgehead atoms. The number of morpholine rings is 1. The molecule has 0 saturated carbocycles. The fourth-order valence-corrected chi connectivity index (χ4v) is 4.97. The lowest BCUT2D eigenvalue weighted by molar-refractivity contribution is -0.878. The van der Waals surface area contributed by atoms with Crippen LogP contribution in [0.4, 0.5) is 5.69 Å². The molecule has 28 heavy (non-hydrogen) atoms. The number of nitrogens with one attached hydrogen (secondary N) is 2. The summed E-state index contributed by atoms with van der Waals surface area (Å²) in [5, 5.41) is 2.87. The minimum atomic E-state index is -3.65. The van der Waals surface area contributed by atoms with Crippen molar-refractivity contribution in [3.63, 3.8) is 0 Å². The van der Waals surface area contributed by atoms with Gasteiger partial charge < -0.3 is 19.7 Å². The number of hydrogen-bond acceptors (Lipinski definition) is 5. The summed E-state index contributed by atoms with van der Waals surface area (Å²) in [5.41, 5.74) is 0.395. The van der Waals surface area contributed by atoms with Crippen LogP contribution in [0.1, 0.15) is 26.7 Å². The highest BCUT2D eigenvalue weighted by Crippen LogP contribution is 2.30. The Morgan fingerprint density at radius 1 is 1.25 bits per heavy atom. The Bertz CT molecular complexity index is 785. The van der Waals surface area contributed by atoms with Gasteiger partial charge in [0.1, 0.15) is 5.75 Å². The molecular weight excluding hydrogens is 382 g/mol. The highest BCUT2D eigenvalue weighted by Gasteiger charge is 2.28. The number of hydrogen-bond donors (Lipinski definition) is 2. The molecule has 0 aliphatic carbocycles. The maximum Gasteiger partial charge on any atom is 0.279 e. The van der Waals surface area contributed by atoms with Crippen LogP contribution in [0.15, 0.2) is 23.1 Å². The van der Waals surface area contributed by atoms with Crippen LogP contribution in [0.3, 0.4) is 0 Å². The van der Waals surface area contributed by atoms with Gasteiger partial charge in [0, 0.05) is 25.9 Å². The number of carbonyl (C=O) groups excluding carboxylic acids is 1. The summed E-state index contributed by atoms with van der Waals surface area (Å²) in [7, 11) is -3.65. The summed E-state index contributed by atoms with van der Waals surface area (Å²) in [6.45, 7) is 7.56. The summed E-state index contributed by atoms with van der Waals surface area (Å²) < 4.78 is 38.3. The Kier molecular flexibility index (Phi) is 6.92. The minimum absolute atomic E-state index is 0.0958. The van der Waals surface area contributed by atoms with Crippen molar-refractivity contribution in [1.82, 2.24) is 4.31 Å². The lowest BCUT2D eigenvalue weighted by atomic mass is 10.2. The number of rotatable bonds is 7. The zero-order chi connectivity index (χ0) is 20.1. The van der Waals surface area contributed by atoms with E-state index in [-0.39, 0.29) is 16.9 Å². The van der Waals surface area contributed by atoms with Crippen LogP contribution in [-0.4, -0.2) is 70.7 Å². The fraction of sp³-hybridized carbons (Fsp3) is 0.632. The molecular formula is C19H30N3O5S+. The number of sulfonamides is 1. The third-order valence-corrected chi connectivity index (χ3v) is 6.81. The summed E-state index contributed by atoms with van der Waals surface area (Å²) in [6.07, 6.45) is 2.18. The minimum Gasteiger partial charge on any atom is -0.489 e. The molecule has 0 radical (unpaired) electrons. The largest absolute Gasteiger partial charge is 0.489 e. The van der Waals surface area contributed by atoms with Crippen molar-refractivity contribution in [2.75, 3.05) is 51.3 Å². The monoisotopic (exact) mass is 412 g/mol. The molecule has 0 unspecified atom stereocenters. The van der Waals surface area contributed by atoms with Crippen molar-refractivity contribution < 1.29 is 27.6 Å². The highest BCUT2D eigenvalue weighted by atomic mass is 32.2. The van der Waals surface area contributed by atoms with Gasteiger partial charge in [-0.3, -0.25) is 4.79 Å². The predicted molar refractivity (Wildman–Crippen MR) is 105 cm³/mol. The van der Waals surface area contributed by atoms with Gasteiger partial charge in [0.05, 0.1) is 43.0 Å². The van der Waals surface area contributed by atoms with Crippen LogP contribution in [0.25, 0.3) is 0 Å². The predicted octanol–water partition coefficient (Wildman–Crippen LogP) is 0.112. The molecule has 0 spiro atoms. The van der Waals surface area contributed by atoms with Crippen molar-refractivity contribution in [2.45, 2.75) is 37.7 Å². The summed E-state index contributed by atoms with van der Waals surface area (Å²) in [6, 6.07) is 4.65. The molecule has 2 aliphatic rings. The third kappa shape index (κ3) is 5.22. The van der Waals surface area contributed by atoms with Gasteiger partial charge in [0.15, 0.2) is 6.54 Å². The van der Waals surface area contributed by atoms with Crippen LogP contribution in [-0.2, 0) is 19.6 Å². The topological polar surface area (TPSA) is 89.4 Å². The van der Waals surface area contributed by atoms with Crippen molar-refractivity contribution in [3.8, 4) is 5.75 Å². The number of ether oxygens (including phenoxy) is 2. The van der Waals surface area contributed by atoms with Gasteiger partial charge >= 0.3 is 0 Å². The second kappa shape index (κ2) is 9.21. The molecule has 3 rings (SSSR count). The van der Waals surface area contributed by atoms with E-state index >= 15 is 0 Å². The highest BCUT2D eigenvalue weighted by molar-refractivity contribution is 7.89. The number of amides is 1. The average molecular weight is 413 g/mol. The van der Waals surface area contributed by atoms with Crippen molar-refractivity contribution in [3.05, 3.63) is 18.2 Å². The second-order valence-corrected chi connectivity index (χ2v) is 9.46. The quantitative estimate of drug-likeness (QED) is 0.664. The first kappa shape index (κ1) is 21.0. The molecule has 0 atom stereocenters. The van der Waals surface area contributed by atoms with Crippen LogP contribution in [0.5, 0.6) is 5.75 Å². The molecule has 9 heteroatoms. The molecule has 2 saturated heterocycles. The fourth-order valence-electron chi connectivity index (χ4n) is 3.53. The van der Waals surface area contributed by atoms with E-state index < -0.39 is 10.0 Å². The van der Waals surface area contributed by atoms with E-state index in [1.807, 2.05) is 13.8 Å². The second-order valence-electron chi connectivity index (χ2n) is 7.52. The number of nitrogens with zero attached hydrogens (tertiary/aromatic N) is 1. The standard InChI is InChI=1S/C19H29N3O5S/c1-15(2)27-18-6-5-16(28(24,25)22-9-11-26-12-10-22)13-17(18)20-19(23)14-21-7-3-4-8-21/h5-6,13,15H,3-4,7-12,14H2,1-2H3,(H,20,23)/p+1. The zero-order valence-corrected chi connectivity index (χ0v) is 17.4. The lowest BCUT2D eigenvalue weighted by Crippen LogP contribution is -3.11. The Hall–Kier alpha value is -1.68. The molecule has 0 aromatic heterocycles. The van der Waals surface area contributed by atoms with Gasteiger partial charge in [-0.2, -0.15) is 4.31 Å². The molecule has 1 amide bonds. The summed E-state index contributed by atoms with van der Waals surface area (Å²) in [5.74, 6) is 0.340. The molecule has 2 aliphatic heterocycles. The van der Waals surface area contributed by atoms with Crippen LogP contribution < -0.4 is 15.0 Å². The third-order valence-electron chi connectivity index (χ3n) is 4.92. The first-order valence-corrected chi connectivity index (χ1v) is 11.3. The number of likely N-dealkylation sites (tertiary alicyclic amines) is 1. The van der Waals surface area contributed by atoms with Crippen molar-refractivity contribution in [2.24, 2.45) is 0 Å². The maximum atomic E-state index is 13.0. The van der Waals surface area contributed by atoms with E-state index in [0.29, 0.717) is 44.3 Å². The first-order chi connectivity index (χ1) is 13.4. The molecule has 2 fully saturated rings. The first-order valence-electron chi connectivity index (χ1n) is 9.88. The van der Waals surface area contributed by atoms with Gasteiger partial charge in [-0.05, 0) is 32.0 Å². The smallest absolute Gasteiger partial charge is 0.279 e. The Labute approximate surface area is 166 Å². The number of quaternary nitrogens is 1. The SMILES string of the molecule is CC(C)Oc1ccc(S(=O)(=O)N2CCOCC2)cc1NC(=O)C[NH+]1CCCC1. The Morgan fingerprint density at radius 2 is 1.93 bits per heavy atom. The Morgan fingerprint density at radius 3 is 2.57 bits per heavy atom.